The number of ether oxygens (including phenoxy) is 1. The summed E-state index contributed by atoms with van der Waals surface area (Å²) in [6, 6.07) is 6.44. The van der Waals surface area contributed by atoms with Crippen molar-refractivity contribution in [3.8, 4) is 5.75 Å². The van der Waals surface area contributed by atoms with Gasteiger partial charge in [0, 0.05) is 23.2 Å². The van der Waals surface area contributed by atoms with Crippen LogP contribution in [0.15, 0.2) is 36.7 Å². The van der Waals surface area contributed by atoms with Crippen LogP contribution in [0.5, 0.6) is 5.75 Å². The van der Waals surface area contributed by atoms with Gasteiger partial charge in [-0.25, -0.2) is 4.39 Å². The van der Waals surface area contributed by atoms with E-state index in [0.29, 0.717) is 16.3 Å². The minimum atomic E-state index is -1.27. The zero-order valence-corrected chi connectivity index (χ0v) is 12.0. The third-order valence-electron chi connectivity index (χ3n) is 3.10. The number of nitrogens with zero attached hydrogens (tertiary/aromatic N) is 1. The molecule has 0 amide bonds. The summed E-state index contributed by atoms with van der Waals surface area (Å²) in [7, 11) is 1.55. The molecule has 2 rings (SSSR count). The molecule has 1 unspecified atom stereocenters. The lowest BCUT2D eigenvalue weighted by atomic mass is 9.89. The molecule has 1 heterocycles. The Kier molecular flexibility index (Phi) is 4.26. The van der Waals surface area contributed by atoms with Crippen molar-refractivity contribution in [1.82, 2.24) is 4.98 Å². The van der Waals surface area contributed by atoms with Crippen LogP contribution in [0.2, 0.25) is 5.02 Å². The number of rotatable bonds is 4. The second-order valence-corrected chi connectivity index (χ2v) is 5.24. The molecule has 0 spiro atoms. The maximum atomic E-state index is 13.2. The summed E-state index contributed by atoms with van der Waals surface area (Å²) in [5.41, 5.74) is -0.124. The van der Waals surface area contributed by atoms with Crippen LogP contribution in [0.25, 0.3) is 0 Å². The van der Waals surface area contributed by atoms with Gasteiger partial charge < -0.3 is 9.84 Å². The van der Waals surface area contributed by atoms with Crippen LogP contribution in [-0.2, 0) is 12.0 Å². The zero-order chi connectivity index (χ0) is 14.8. The third kappa shape index (κ3) is 3.26. The van der Waals surface area contributed by atoms with Gasteiger partial charge in [-0.3, -0.25) is 4.98 Å². The molecule has 1 aromatic heterocycles. The fourth-order valence-electron chi connectivity index (χ4n) is 2.06. The van der Waals surface area contributed by atoms with E-state index < -0.39 is 11.4 Å². The maximum absolute atomic E-state index is 13.2. The molecule has 1 aromatic carbocycles. The minimum Gasteiger partial charge on any atom is -0.496 e. The van der Waals surface area contributed by atoms with E-state index in [9.17, 15) is 9.50 Å². The van der Waals surface area contributed by atoms with E-state index in [1.54, 1.807) is 32.2 Å². The fraction of sp³-hybridized carbons (Fsp3) is 0.267. The first-order valence-electron chi connectivity index (χ1n) is 6.08. The van der Waals surface area contributed by atoms with Gasteiger partial charge in [-0.1, -0.05) is 11.6 Å². The first kappa shape index (κ1) is 14.8. The van der Waals surface area contributed by atoms with Crippen LogP contribution in [0.4, 0.5) is 4.39 Å². The van der Waals surface area contributed by atoms with E-state index >= 15 is 0 Å². The van der Waals surface area contributed by atoms with E-state index in [1.807, 2.05) is 0 Å². The molecule has 0 saturated heterocycles. The second-order valence-electron chi connectivity index (χ2n) is 4.80. The highest BCUT2D eigenvalue weighted by Crippen LogP contribution is 2.31. The highest BCUT2D eigenvalue weighted by molar-refractivity contribution is 6.30. The normalized spacial score (nSPS) is 13.8. The molecule has 0 aliphatic carbocycles. The van der Waals surface area contributed by atoms with E-state index in [-0.39, 0.29) is 6.42 Å². The van der Waals surface area contributed by atoms with E-state index in [0.717, 1.165) is 11.8 Å². The molecular weight excluding hydrogens is 281 g/mol. The van der Waals surface area contributed by atoms with Crippen molar-refractivity contribution in [2.45, 2.75) is 18.9 Å². The Balaban J connectivity index is 2.35. The first-order valence-corrected chi connectivity index (χ1v) is 6.46. The summed E-state index contributed by atoms with van der Waals surface area (Å²) >= 11 is 5.96. The van der Waals surface area contributed by atoms with Crippen molar-refractivity contribution in [1.29, 1.82) is 0 Å². The summed E-state index contributed by atoms with van der Waals surface area (Å²) in [5, 5.41) is 11.1. The topological polar surface area (TPSA) is 42.4 Å². The summed E-state index contributed by atoms with van der Waals surface area (Å²) in [6.07, 6.45) is 2.78. The predicted molar refractivity (Wildman–Crippen MR) is 75.5 cm³/mol. The molecule has 0 saturated carbocycles. The van der Waals surface area contributed by atoms with Crippen molar-refractivity contribution in [3.05, 3.63) is 58.6 Å². The molecule has 3 nitrogen and oxygen atoms in total. The van der Waals surface area contributed by atoms with Gasteiger partial charge in [0.15, 0.2) is 0 Å². The number of aliphatic hydroxyl groups is 1. The Bertz CT molecular complexity index is 617. The van der Waals surface area contributed by atoms with Crippen LogP contribution < -0.4 is 4.74 Å². The number of hydrogen-bond donors (Lipinski definition) is 1. The van der Waals surface area contributed by atoms with E-state index in [4.69, 9.17) is 16.3 Å². The summed E-state index contributed by atoms with van der Waals surface area (Å²) in [5.74, 6) is 0.139. The molecule has 0 radical (unpaired) electrons. The molecule has 0 bridgehead atoms. The Morgan fingerprint density at radius 2 is 2.10 bits per heavy atom. The van der Waals surface area contributed by atoms with Crippen molar-refractivity contribution >= 4 is 11.6 Å². The highest BCUT2D eigenvalue weighted by atomic mass is 35.5. The Labute approximate surface area is 122 Å². The monoisotopic (exact) mass is 295 g/mol. The minimum absolute atomic E-state index is 0.238. The third-order valence-corrected chi connectivity index (χ3v) is 3.34. The molecule has 2 aromatic rings. The van der Waals surface area contributed by atoms with Gasteiger partial charge in [0.25, 0.3) is 0 Å². The molecule has 0 aliphatic heterocycles. The number of pyridine rings is 1. The lowest BCUT2D eigenvalue weighted by Gasteiger charge is -2.24. The standard InChI is InChI=1S/C15H15ClFNO2/c1-15(19,11-6-13(17)9-18-8-11)7-10-5-12(16)3-4-14(10)20-2/h3-6,8-9,19H,7H2,1-2H3. The average molecular weight is 296 g/mol. The highest BCUT2D eigenvalue weighted by Gasteiger charge is 2.26. The largest absolute Gasteiger partial charge is 0.496 e. The molecule has 0 fully saturated rings. The number of aromatic nitrogens is 1. The van der Waals surface area contributed by atoms with Gasteiger partial charge in [0.05, 0.1) is 18.9 Å². The summed E-state index contributed by atoms with van der Waals surface area (Å²) in [4.78, 5) is 3.76. The van der Waals surface area contributed by atoms with E-state index in [2.05, 4.69) is 4.98 Å². The predicted octanol–water partition coefficient (Wildman–Crippen LogP) is 3.33. The van der Waals surface area contributed by atoms with Crippen LogP contribution in [0, 0.1) is 5.82 Å². The van der Waals surface area contributed by atoms with Crippen molar-refractivity contribution in [3.63, 3.8) is 0 Å². The first-order chi connectivity index (χ1) is 9.42. The van der Waals surface area contributed by atoms with Crippen LogP contribution >= 0.6 is 11.6 Å². The molecule has 1 atom stereocenters. The van der Waals surface area contributed by atoms with Gasteiger partial charge in [-0.05, 0) is 36.8 Å². The number of benzene rings is 1. The average Bonchev–Trinajstić information content (AvgIpc) is 2.38. The maximum Gasteiger partial charge on any atom is 0.141 e. The van der Waals surface area contributed by atoms with Crippen molar-refractivity contribution in [2.24, 2.45) is 0 Å². The molecule has 106 valence electrons. The number of hydrogen-bond acceptors (Lipinski definition) is 3. The van der Waals surface area contributed by atoms with Crippen LogP contribution in [0.3, 0.4) is 0 Å². The second kappa shape index (κ2) is 5.77. The number of halogens is 2. The number of methoxy groups -OCH3 is 1. The Morgan fingerprint density at radius 1 is 1.35 bits per heavy atom. The van der Waals surface area contributed by atoms with Gasteiger partial charge in [-0.2, -0.15) is 0 Å². The molecule has 0 aliphatic rings. The lowest BCUT2D eigenvalue weighted by Crippen LogP contribution is -2.25. The molecule has 5 heteroatoms. The van der Waals surface area contributed by atoms with Gasteiger partial charge in [-0.15, -0.1) is 0 Å². The lowest BCUT2D eigenvalue weighted by molar-refractivity contribution is 0.0562. The molecule has 20 heavy (non-hydrogen) atoms. The Morgan fingerprint density at radius 3 is 2.75 bits per heavy atom. The van der Waals surface area contributed by atoms with Crippen molar-refractivity contribution < 1.29 is 14.2 Å². The quantitative estimate of drug-likeness (QED) is 0.941. The van der Waals surface area contributed by atoms with Crippen molar-refractivity contribution in [2.75, 3.05) is 7.11 Å². The molecule has 1 N–H and O–H groups in total. The molecular formula is C15H15ClFNO2. The summed E-state index contributed by atoms with van der Waals surface area (Å²) in [6.45, 7) is 1.60. The summed E-state index contributed by atoms with van der Waals surface area (Å²) < 4.78 is 18.5. The van der Waals surface area contributed by atoms with Gasteiger partial charge in [0.2, 0.25) is 0 Å². The van der Waals surface area contributed by atoms with Gasteiger partial charge >= 0.3 is 0 Å². The smallest absolute Gasteiger partial charge is 0.141 e. The Hall–Kier alpha value is -1.65. The SMILES string of the molecule is COc1ccc(Cl)cc1CC(C)(O)c1cncc(F)c1. The van der Waals surface area contributed by atoms with Gasteiger partial charge in [0.1, 0.15) is 11.6 Å². The fourth-order valence-corrected chi connectivity index (χ4v) is 2.26. The van der Waals surface area contributed by atoms with Crippen LogP contribution in [-0.4, -0.2) is 17.2 Å². The van der Waals surface area contributed by atoms with E-state index in [1.165, 1.54) is 12.3 Å². The zero-order valence-electron chi connectivity index (χ0n) is 11.2. The van der Waals surface area contributed by atoms with Crippen LogP contribution in [0.1, 0.15) is 18.1 Å².